The zero-order valence-corrected chi connectivity index (χ0v) is 15.0. The molecule has 0 aliphatic carbocycles. The van der Waals surface area contributed by atoms with E-state index in [-0.39, 0.29) is 5.82 Å². The molecule has 3 aromatic carbocycles. The van der Waals surface area contributed by atoms with Gasteiger partial charge in [0.05, 0.1) is 5.71 Å². The van der Waals surface area contributed by atoms with Gasteiger partial charge in [-0.05, 0) is 35.4 Å². The van der Waals surface area contributed by atoms with Gasteiger partial charge >= 0.3 is 0 Å². The molecule has 0 unspecified atom stereocenters. The molecule has 1 atom stereocenters. The first-order chi connectivity index (χ1) is 12.8. The fourth-order valence-corrected chi connectivity index (χ4v) is 4.12. The molecule has 1 aliphatic rings. The van der Waals surface area contributed by atoms with E-state index in [1.165, 1.54) is 17.0 Å². The molecule has 0 saturated carbocycles. The van der Waals surface area contributed by atoms with Crippen molar-refractivity contribution >= 4 is 17.5 Å². The Morgan fingerprint density at radius 2 is 1.54 bits per heavy atom. The minimum absolute atomic E-state index is 0.248. The maximum Gasteiger partial charge on any atom is 0.177 e. The maximum atomic E-state index is 13.4. The van der Waals surface area contributed by atoms with Crippen molar-refractivity contribution in [2.45, 2.75) is 16.9 Å². The van der Waals surface area contributed by atoms with Crippen LogP contribution < -0.4 is 0 Å². The summed E-state index contributed by atoms with van der Waals surface area (Å²) in [5.74, 6) is 0.449. The van der Waals surface area contributed by atoms with E-state index in [0.29, 0.717) is 12.2 Å². The van der Waals surface area contributed by atoms with Crippen molar-refractivity contribution in [1.82, 2.24) is 0 Å². The molecule has 26 heavy (non-hydrogen) atoms. The molecule has 0 amide bonds. The Bertz CT molecular complexity index is 896. The van der Waals surface area contributed by atoms with Crippen molar-refractivity contribution in [2.75, 3.05) is 5.75 Å². The van der Waals surface area contributed by atoms with Crippen LogP contribution in [0, 0.1) is 5.82 Å². The fraction of sp³-hybridized carbons (Fsp3) is 0.136. The first-order valence-corrected chi connectivity index (χ1v) is 9.48. The quantitative estimate of drug-likeness (QED) is 0.547. The number of nitrogens with zero attached hydrogens (tertiary/aromatic N) is 1. The first-order valence-electron chi connectivity index (χ1n) is 8.50. The molecule has 0 radical (unpaired) electrons. The summed E-state index contributed by atoms with van der Waals surface area (Å²) in [6, 6.07) is 26.8. The molecule has 0 aromatic heterocycles. The molecular formula is C22H18FNOS. The Morgan fingerprint density at radius 3 is 2.23 bits per heavy atom. The monoisotopic (exact) mass is 363 g/mol. The third-order valence-electron chi connectivity index (χ3n) is 4.48. The standard InChI is InChI=1S/C22H18FNOS/c23-19-13-11-18(12-14-19)22(16-26-20-9-5-2-6-10-20)15-21(24-25-22)17-7-3-1-4-8-17/h1-14H,15-16H2/t22-/m1/s1. The van der Waals surface area contributed by atoms with Gasteiger partial charge in [-0.2, -0.15) is 0 Å². The largest absolute Gasteiger partial charge is 0.383 e. The number of oxime groups is 1. The number of thioether (sulfide) groups is 1. The molecule has 0 bridgehead atoms. The summed E-state index contributed by atoms with van der Waals surface area (Å²) >= 11 is 1.72. The van der Waals surface area contributed by atoms with E-state index in [2.05, 4.69) is 17.3 Å². The highest BCUT2D eigenvalue weighted by molar-refractivity contribution is 7.99. The molecule has 4 rings (SSSR count). The highest BCUT2D eigenvalue weighted by atomic mass is 32.2. The van der Waals surface area contributed by atoms with Crippen LogP contribution in [0.3, 0.4) is 0 Å². The number of benzene rings is 3. The van der Waals surface area contributed by atoms with Crippen LogP contribution >= 0.6 is 11.8 Å². The molecule has 0 saturated heterocycles. The van der Waals surface area contributed by atoms with Crippen LogP contribution in [0.15, 0.2) is 95.0 Å². The van der Waals surface area contributed by atoms with Crippen LogP contribution in [-0.2, 0) is 10.4 Å². The lowest BCUT2D eigenvalue weighted by molar-refractivity contribution is -0.00322. The maximum absolute atomic E-state index is 13.4. The third kappa shape index (κ3) is 3.51. The Hall–Kier alpha value is -2.59. The van der Waals surface area contributed by atoms with E-state index in [9.17, 15) is 4.39 Å². The predicted molar refractivity (Wildman–Crippen MR) is 104 cm³/mol. The fourth-order valence-electron chi connectivity index (χ4n) is 3.05. The van der Waals surface area contributed by atoms with E-state index >= 15 is 0 Å². The Balaban J connectivity index is 1.62. The zero-order valence-electron chi connectivity index (χ0n) is 14.1. The number of hydrogen-bond acceptors (Lipinski definition) is 3. The zero-order chi connectivity index (χ0) is 17.8. The van der Waals surface area contributed by atoms with Gasteiger partial charge in [0.25, 0.3) is 0 Å². The average Bonchev–Trinajstić information content (AvgIpc) is 3.14. The molecule has 4 heteroatoms. The van der Waals surface area contributed by atoms with Crippen LogP contribution in [0.4, 0.5) is 4.39 Å². The van der Waals surface area contributed by atoms with Crippen LogP contribution in [0.5, 0.6) is 0 Å². The van der Waals surface area contributed by atoms with E-state index in [1.807, 2.05) is 48.5 Å². The Morgan fingerprint density at radius 1 is 0.885 bits per heavy atom. The van der Waals surface area contributed by atoms with Gasteiger partial charge in [0, 0.05) is 17.1 Å². The minimum atomic E-state index is -0.598. The number of halogens is 1. The summed E-state index contributed by atoms with van der Waals surface area (Å²) < 4.78 is 13.4. The lowest BCUT2D eigenvalue weighted by atomic mass is 9.89. The van der Waals surface area contributed by atoms with Crippen molar-refractivity contribution < 1.29 is 9.23 Å². The van der Waals surface area contributed by atoms with Crippen molar-refractivity contribution in [3.63, 3.8) is 0 Å². The molecular weight excluding hydrogens is 345 g/mol. The molecule has 3 aromatic rings. The topological polar surface area (TPSA) is 21.6 Å². The predicted octanol–water partition coefficient (Wildman–Crippen LogP) is 5.64. The average molecular weight is 363 g/mol. The molecule has 0 N–H and O–H groups in total. The van der Waals surface area contributed by atoms with Crippen LogP contribution in [0.25, 0.3) is 0 Å². The lowest BCUT2D eigenvalue weighted by Gasteiger charge is -2.27. The van der Waals surface area contributed by atoms with Gasteiger partial charge in [0.1, 0.15) is 5.82 Å². The molecule has 0 spiro atoms. The van der Waals surface area contributed by atoms with E-state index < -0.39 is 5.60 Å². The summed E-state index contributed by atoms with van der Waals surface area (Å²) in [7, 11) is 0. The van der Waals surface area contributed by atoms with Gasteiger partial charge in [0.2, 0.25) is 0 Å². The van der Waals surface area contributed by atoms with E-state index in [0.717, 1.165) is 16.8 Å². The van der Waals surface area contributed by atoms with E-state index in [1.54, 1.807) is 23.9 Å². The van der Waals surface area contributed by atoms with Crippen molar-refractivity contribution in [3.05, 3.63) is 102 Å². The Kier molecular flexibility index (Phi) is 4.76. The van der Waals surface area contributed by atoms with Crippen molar-refractivity contribution in [2.24, 2.45) is 5.16 Å². The smallest absolute Gasteiger partial charge is 0.177 e. The van der Waals surface area contributed by atoms with Crippen molar-refractivity contribution in [3.8, 4) is 0 Å². The van der Waals surface area contributed by atoms with Crippen LogP contribution in [0.1, 0.15) is 17.5 Å². The molecule has 1 aliphatic heterocycles. The lowest BCUT2D eigenvalue weighted by Crippen LogP contribution is -2.29. The summed E-state index contributed by atoms with van der Waals surface area (Å²) in [5, 5.41) is 4.38. The number of rotatable bonds is 5. The summed E-state index contributed by atoms with van der Waals surface area (Å²) in [6.45, 7) is 0. The third-order valence-corrected chi connectivity index (χ3v) is 5.69. The highest BCUT2D eigenvalue weighted by Crippen LogP contribution is 2.40. The minimum Gasteiger partial charge on any atom is -0.383 e. The van der Waals surface area contributed by atoms with Gasteiger partial charge in [0.15, 0.2) is 5.60 Å². The Labute approximate surface area is 156 Å². The molecule has 2 nitrogen and oxygen atoms in total. The summed E-state index contributed by atoms with van der Waals surface area (Å²) in [6.07, 6.45) is 0.655. The van der Waals surface area contributed by atoms with Gasteiger partial charge < -0.3 is 4.84 Å². The van der Waals surface area contributed by atoms with Crippen molar-refractivity contribution in [1.29, 1.82) is 0 Å². The highest BCUT2D eigenvalue weighted by Gasteiger charge is 2.41. The first kappa shape index (κ1) is 16.9. The summed E-state index contributed by atoms with van der Waals surface area (Å²) in [4.78, 5) is 7.17. The second-order valence-corrected chi connectivity index (χ2v) is 7.32. The normalized spacial score (nSPS) is 19.0. The summed E-state index contributed by atoms with van der Waals surface area (Å²) in [5.41, 5.74) is 2.32. The van der Waals surface area contributed by atoms with Gasteiger partial charge in [-0.15, -0.1) is 11.8 Å². The molecule has 0 fully saturated rings. The second kappa shape index (κ2) is 7.34. The van der Waals surface area contributed by atoms with E-state index in [4.69, 9.17) is 4.84 Å². The van der Waals surface area contributed by atoms with Gasteiger partial charge in [-0.3, -0.25) is 0 Å². The number of hydrogen-bond donors (Lipinski definition) is 0. The van der Waals surface area contributed by atoms with Gasteiger partial charge in [-0.1, -0.05) is 65.8 Å². The van der Waals surface area contributed by atoms with Gasteiger partial charge in [-0.25, -0.2) is 4.39 Å². The SMILES string of the molecule is Fc1ccc([C@]2(CSc3ccccc3)CC(c3ccccc3)=NO2)cc1. The second-order valence-electron chi connectivity index (χ2n) is 6.27. The molecule has 130 valence electrons. The van der Waals surface area contributed by atoms with Crippen LogP contribution in [0.2, 0.25) is 0 Å². The van der Waals surface area contributed by atoms with Crippen LogP contribution in [-0.4, -0.2) is 11.5 Å². The molecule has 1 heterocycles.